The number of rotatable bonds is 3. The molecule has 89 valence electrons. The molecule has 0 aromatic heterocycles. The fourth-order valence-electron chi connectivity index (χ4n) is 0.492. The Hall–Kier alpha value is -0.890. The predicted octanol–water partition coefficient (Wildman–Crippen LogP) is 3.44. The van der Waals surface area contributed by atoms with Gasteiger partial charge in [-0.1, -0.05) is 6.58 Å². The van der Waals surface area contributed by atoms with Gasteiger partial charge in [-0.15, -0.1) is 0 Å². The Morgan fingerprint density at radius 1 is 0.667 bits per heavy atom. The number of alkyl halides is 9. The van der Waals surface area contributed by atoms with Crippen molar-refractivity contribution in [3.8, 4) is 0 Å². The van der Waals surface area contributed by atoms with Gasteiger partial charge < -0.3 is 0 Å². The molecule has 0 atom stereocenters. The lowest BCUT2D eigenvalue weighted by atomic mass is 10.0. The van der Waals surface area contributed by atoms with E-state index >= 15 is 0 Å². The predicted molar refractivity (Wildman–Crippen MR) is 29.8 cm³/mol. The van der Waals surface area contributed by atoms with Gasteiger partial charge in [0, 0.05) is 0 Å². The summed E-state index contributed by atoms with van der Waals surface area (Å²) in [4.78, 5) is 0. The van der Waals surface area contributed by atoms with Crippen LogP contribution in [0.3, 0.4) is 0 Å². The van der Waals surface area contributed by atoms with Crippen molar-refractivity contribution in [2.45, 2.75) is 23.9 Å². The van der Waals surface area contributed by atoms with E-state index in [-0.39, 0.29) is 0 Å². The molecule has 0 aliphatic rings. The molecule has 15 heavy (non-hydrogen) atoms. The van der Waals surface area contributed by atoms with Gasteiger partial charge in [0.2, 0.25) is 0 Å². The highest BCUT2D eigenvalue weighted by Gasteiger charge is 2.80. The molecule has 0 nitrogen and oxygen atoms in total. The molecule has 0 saturated heterocycles. The second-order valence-corrected chi connectivity index (χ2v) is 2.44. The molecule has 0 heterocycles. The lowest BCUT2D eigenvalue weighted by Crippen LogP contribution is -2.60. The van der Waals surface area contributed by atoms with Crippen LogP contribution in [0, 0.1) is 6.58 Å². The third-order valence-corrected chi connectivity index (χ3v) is 1.38. The lowest BCUT2D eigenvalue weighted by molar-refractivity contribution is -0.388. The fourth-order valence-corrected chi connectivity index (χ4v) is 0.492. The third kappa shape index (κ3) is 1.91. The highest BCUT2D eigenvalue weighted by molar-refractivity contribution is 5.06. The molecule has 0 rings (SSSR count). The van der Waals surface area contributed by atoms with E-state index in [1.807, 2.05) is 0 Å². The lowest BCUT2D eigenvalue weighted by Gasteiger charge is -2.31. The molecule has 0 aliphatic carbocycles. The van der Waals surface area contributed by atoms with Gasteiger partial charge in [-0.2, -0.15) is 39.5 Å². The SMILES string of the molecule is [CH]=CC(F)(F)C(F)(F)C(F)(F)C(F)(F)F. The quantitative estimate of drug-likeness (QED) is 0.668. The largest absolute Gasteiger partial charge is 0.460 e. The zero-order valence-electron chi connectivity index (χ0n) is 6.56. The van der Waals surface area contributed by atoms with Crippen LogP contribution in [0.1, 0.15) is 0 Å². The van der Waals surface area contributed by atoms with Gasteiger partial charge in [0.1, 0.15) is 0 Å². The molecular formula is C6H2F9. The average molecular weight is 245 g/mol. The Bertz CT molecular complexity index is 248. The van der Waals surface area contributed by atoms with Crippen molar-refractivity contribution in [1.29, 1.82) is 0 Å². The van der Waals surface area contributed by atoms with Gasteiger partial charge >= 0.3 is 23.9 Å². The van der Waals surface area contributed by atoms with Crippen LogP contribution in [-0.4, -0.2) is 23.9 Å². The van der Waals surface area contributed by atoms with E-state index in [0.29, 0.717) is 0 Å². The smallest absolute Gasteiger partial charge is 0.195 e. The maximum Gasteiger partial charge on any atom is 0.460 e. The number of hydrogen-bond acceptors (Lipinski definition) is 0. The molecule has 0 aliphatic heterocycles. The van der Waals surface area contributed by atoms with Crippen LogP contribution >= 0.6 is 0 Å². The van der Waals surface area contributed by atoms with Crippen LogP contribution in [0.2, 0.25) is 0 Å². The van der Waals surface area contributed by atoms with Crippen LogP contribution in [0.5, 0.6) is 0 Å². The van der Waals surface area contributed by atoms with E-state index in [1.54, 1.807) is 0 Å². The molecule has 0 fully saturated rings. The summed E-state index contributed by atoms with van der Waals surface area (Å²) in [5.74, 6) is -19.3. The van der Waals surface area contributed by atoms with E-state index in [1.165, 1.54) is 0 Å². The van der Waals surface area contributed by atoms with E-state index in [9.17, 15) is 39.5 Å². The molecular weight excluding hydrogens is 243 g/mol. The molecule has 0 spiro atoms. The zero-order chi connectivity index (χ0) is 12.7. The molecule has 0 aromatic rings. The molecule has 0 unspecified atom stereocenters. The summed E-state index contributed by atoms with van der Waals surface area (Å²) in [5, 5.41) is 0. The second-order valence-electron chi connectivity index (χ2n) is 2.44. The van der Waals surface area contributed by atoms with Gasteiger partial charge in [0.15, 0.2) is 0 Å². The van der Waals surface area contributed by atoms with Crippen LogP contribution in [-0.2, 0) is 0 Å². The minimum absolute atomic E-state index is 1.22. The minimum Gasteiger partial charge on any atom is -0.195 e. The first-order valence-electron chi connectivity index (χ1n) is 3.07. The Morgan fingerprint density at radius 3 is 1.20 bits per heavy atom. The summed E-state index contributed by atoms with van der Waals surface area (Å²) in [7, 11) is 0. The van der Waals surface area contributed by atoms with Gasteiger partial charge in [0.05, 0.1) is 0 Å². The third-order valence-electron chi connectivity index (χ3n) is 1.38. The van der Waals surface area contributed by atoms with Crippen LogP contribution in [0.15, 0.2) is 6.08 Å². The van der Waals surface area contributed by atoms with Gasteiger partial charge in [0.25, 0.3) is 0 Å². The Labute approximate surface area is 77.4 Å². The molecule has 0 amide bonds. The normalized spacial score (nSPS) is 15.3. The van der Waals surface area contributed by atoms with Crippen molar-refractivity contribution in [2.24, 2.45) is 0 Å². The van der Waals surface area contributed by atoms with Gasteiger partial charge in [-0.25, -0.2) is 0 Å². The van der Waals surface area contributed by atoms with E-state index in [4.69, 9.17) is 0 Å². The van der Waals surface area contributed by atoms with Crippen molar-refractivity contribution < 1.29 is 39.5 Å². The summed E-state index contributed by atoms with van der Waals surface area (Å²) in [6, 6.07) is 0. The molecule has 0 bridgehead atoms. The van der Waals surface area contributed by atoms with Gasteiger partial charge in [-0.3, -0.25) is 0 Å². The van der Waals surface area contributed by atoms with Crippen molar-refractivity contribution in [3.63, 3.8) is 0 Å². The van der Waals surface area contributed by atoms with E-state index in [2.05, 4.69) is 6.58 Å². The highest BCUT2D eigenvalue weighted by atomic mass is 19.4. The minimum atomic E-state index is -6.88. The Kier molecular flexibility index (Phi) is 3.11. The molecule has 9 heteroatoms. The molecule has 0 aromatic carbocycles. The summed E-state index contributed by atoms with van der Waals surface area (Å²) < 4.78 is 106. The maximum atomic E-state index is 12.1. The van der Waals surface area contributed by atoms with Gasteiger partial charge in [-0.05, 0) is 6.08 Å². The number of hydrogen-bond donors (Lipinski definition) is 0. The van der Waals surface area contributed by atoms with Crippen LogP contribution in [0.25, 0.3) is 0 Å². The molecule has 1 radical (unpaired) electrons. The average Bonchev–Trinajstić information content (AvgIpc) is 2.01. The zero-order valence-corrected chi connectivity index (χ0v) is 6.56. The summed E-state index contributed by atoms with van der Waals surface area (Å²) in [6.45, 7) is 3.88. The van der Waals surface area contributed by atoms with E-state index in [0.717, 1.165) is 0 Å². The number of allylic oxidation sites excluding steroid dienone is 1. The highest BCUT2D eigenvalue weighted by Crippen LogP contribution is 2.53. The van der Waals surface area contributed by atoms with Crippen molar-refractivity contribution in [3.05, 3.63) is 12.7 Å². The molecule has 0 N–H and O–H groups in total. The first-order chi connectivity index (χ1) is 6.31. The first-order valence-corrected chi connectivity index (χ1v) is 3.07. The van der Waals surface area contributed by atoms with Crippen LogP contribution < -0.4 is 0 Å². The van der Waals surface area contributed by atoms with Crippen molar-refractivity contribution in [1.82, 2.24) is 0 Å². The maximum absolute atomic E-state index is 12.1. The van der Waals surface area contributed by atoms with Crippen molar-refractivity contribution >= 4 is 0 Å². The monoisotopic (exact) mass is 245 g/mol. The van der Waals surface area contributed by atoms with Crippen molar-refractivity contribution in [2.75, 3.05) is 0 Å². The Morgan fingerprint density at radius 2 is 1.00 bits per heavy atom. The fraction of sp³-hybridized carbons (Fsp3) is 0.667. The standard InChI is InChI=1S/C6H2F9/c1-2-3(7,8)4(9,10)5(11,12)6(13,14)15/h1-2H. The summed E-state index contributed by atoms with van der Waals surface area (Å²) >= 11 is 0. The summed E-state index contributed by atoms with van der Waals surface area (Å²) in [6.07, 6.45) is -8.02. The topological polar surface area (TPSA) is 0 Å². The van der Waals surface area contributed by atoms with Crippen LogP contribution in [0.4, 0.5) is 39.5 Å². The summed E-state index contributed by atoms with van der Waals surface area (Å²) in [5.41, 5.74) is 0. The van der Waals surface area contributed by atoms with E-state index < -0.39 is 30.0 Å². The molecule has 0 saturated carbocycles. The number of halogens is 9. The Balaban J connectivity index is 5.47. The first kappa shape index (κ1) is 14.1. The second kappa shape index (κ2) is 3.31.